The van der Waals surface area contributed by atoms with E-state index in [-0.39, 0.29) is 5.91 Å². The second-order valence-electron chi connectivity index (χ2n) is 6.07. The Hall–Kier alpha value is -1.46. The largest absolute Gasteiger partial charge is 0.297 e. The van der Waals surface area contributed by atoms with E-state index >= 15 is 0 Å². The van der Waals surface area contributed by atoms with Crippen molar-refractivity contribution in [2.75, 3.05) is 13.1 Å². The maximum atomic E-state index is 11.5. The Morgan fingerprint density at radius 2 is 1.90 bits per heavy atom. The molecule has 0 saturated heterocycles. The van der Waals surface area contributed by atoms with E-state index in [1.165, 1.54) is 38.8 Å². The highest BCUT2D eigenvalue weighted by molar-refractivity contribution is 5.91. The van der Waals surface area contributed by atoms with Gasteiger partial charge in [-0.3, -0.25) is 15.1 Å². The Morgan fingerprint density at radius 1 is 1.25 bits per heavy atom. The molecule has 0 radical (unpaired) electrons. The Morgan fingerprint density at radius 3 is 2.45 bits per heavy atom. The maximum Gasteiger partial charge on any atom is 0.283 e. The van der Waals surface area contributed by atoms with Gasteiger partial charge in [-0.25, -0.2) is 10.8 Å². The van der Waals surface area contributed by atoms with Gasteiger partial charge in [0.15, 0.2) is 0 Å². The number of pyridine rings is 1. The topological polar surface area (TPSA) is 71.2 Å². The van der Waals surface area contributed by atoms with Gasteiger partial charge in [0.1, 0.15) is 5.69 Å². The molecule has 1 amide bonds. The van der Waals surface area contributed by atoms with Crippen LogP contribution in [0.3, 0.4) is 0 Å². The summed E-state index contributed by atoms with van der Waals surface area (Å²) in [7, 11) is 0. The maximum absolute atomic E-state index is 11.5. The lowest BCUT2D eigenvalue weighted by atomic mass is 10.2. The fourth-order valence-electron chi connectivity index (χ4n) is 2.53. The summed E-state index contributed by atoms with van der Waals surface area (Å²) in [5, 5.41) is 0. The number of hydrogen-bond donors (Lipinski definition) is 2. The number of nitrogens with zero attached hydrogens (tertiary/aromatic N) is 2. The number of nitrogens with one attached hydrogen (secondary N) is 1. The molecular weight excluding hydrogens is 252 g/mol. The van der Waals surface area contributed by atoms with Crippen molar-refractivity contribution >= 4 is 5.91 Å². The van der Waals surface area contributed by atoms with Crippen LogP contribution >= 0.6 is 0 Å². The van der Waals surface area contributed by atoms with Gasteiger partial charge in [0, 0.05) is 19.6 Å². The molecule has 1 aromatic rings. The molecule has 3 N–H and O–H groups in total. The van der Waals surface area contributed by atoms with Gasteiger partial charge in [-0.2, -0.15) is 0 Å². The molecule has 0 spiro atoms. The molecule has 5 nitrogen and oxygen atoms in total. The zero-order valence-electron chi connectivity index (χ0n) is 11.7. The Labute approximate surface area is 119 Å². The minimum atomic E-state index is -0.331. The van der Waals surface area contributed by atoms with Crippen molar-refractivity contribution in [2.24, 2.45) is 17.7 Å². The molecule has 3 rings (SSSR count). The molecule has 0 aliphatic heterocycles. The average Bonchev–Trinajstić information content (AvgIpc) is 3.34. The summed E-state index contributed by atoms with van der Waals surface area (Å²) < 4.78 is 0. The number of amides is 1. The molecule has 0 bridgehead atoms. The van der Waals surface area contributed by atoms with Gasteiger partial charge in [-0.05, 0) is 49.7 Å². The summed E-state index contributed by atoms with van der Waals surface area (Å²) in [5.74, 6) is 6.58. The van der Waals surface area contributed by atoms with E-state index in [4.69, 9.17) is 5.84 Å². The number of carbonyl (C=O) groups excluding carboxylic acids is 1. The van der Waals surface area contributed by atoms with Crippen molar-refractivity contribution in [3.8, 4) is 0 Å². The second kappa shape index (κ2) is 5.89. The minimum absolute atomic E-state index is 0.331. The van der Waals surface area contributed by atoms with Crippen molar-refractivity contribution in [3.05, 3.63) is 29.6 Å². The molecule has 1 heterocycles. The molecular formula is C15H22N4O. The van der Waals surface area contributed by atoms with Gasteiger partial charge < -0.3 is 0 Å². The SMILES string of the molecule is NNC(=O)c1cccc(CN(CC2CC2)CC2CC2)n1. The van der Waals surface area contributed by atoms with Crippen LogP contribution in [0.4, 0.5) is 0 Å². The lowest BCUT2D eigenvalue weighted by Crippen LogP contribution is -2.31. The number of hydrazine groups is 1. The van der Waals surface area contributed by atoms with Gasteiger partial charge in [0.25, 0.3) is 5.91 Å². The van der Waals surface area contributed by atoms with E-state index in [0.29, 0.717) is 5.69 Å². The molecule has 2 fully saturated rings. The summed E-state index contributed by atoms with van der Waals surface area (Å²) in [6.45, 7) is 3.18. The normalized spacial score (nSPS) is 18.3. The van der Waals surface area contributed by atoms with Crippen LogP contribution in [-0.2, 0) is 6.54 Å². The first kappa shape index (κ1) is 13.5. The third-order valence-corrected chi connectivity index (χ3v) is 3.98. The molecule has 0 unspecified atom stereocenters. The van der Waals surface area contributed by atoms with Gasteiger partial charge in [-0.1, -0.05) is 6.07 Å². The smallest absolute Gasteiger partial charge is 0.283 e. The highest BCUT2D eigenvalue weighted by Gasteiger charge is 2.29. The van der Waals surface area contributed by atoms with E-state index < -0.39 is 0 Å². The quantitative estimate of drug-likeness (QED) is 0.447. The van der Waals surface area contributed by atoms with Gasteiger partial charge >= 0.3 is 0 Å². The van der Waals surface area contributed by atoms with E-state index in [1.54, 1.807) is 6.07 Å². The van der Waals surface area contributed by atoms with Crippen molar-refractivity contribution in [1.82, 2.24) is 15.3 Å². The van der Waals surface area contributed by atoms with Gasteiger partial charge in [0.2, 0.25) is 0 Å². The van der Waals surface area contributed by atoms with Crippen LogP contribution in [-0.4, -0.2) is 28.9 Å². The number of rotatable bonds is 7. The standard InChI is InChI=1S/C15H22N4O/c16-18-15(20)14-3-1-2-13(17-14)10-19(8-11-4-5-11)9-12-6-7-12/h1-3,11-12H,4-10,16H2,(H,18,20). The van der Waals surface area contributed by atoms with Crippen LogP contribution in [0.1, 0.15) is 41.9 Å². The van der Waals surface area contributed by atoms with Crippen LogP contribution in [0.15, 0.2) is 18.2 Å². The predicted octanol–water partition coefficient (Wildman–Crippen LogP) is 1.31. The molecule has 20 heavy (non-hydrogen) atoms. The molecule has 0 atom stereocenters. The van der Waals surface area contributed by atoms with E-state index in [2.05, 4.69) is 15.3 Å². The molecule has 1 aromatic heterocycles. The Balaban J connectivity index is 1.64. The zero-order valence-corrected chi connectivity index (χ0v) is 11.7. The van der Waals surface area contributed by atoms with Crippen LogP contribution in [0.25, 0.3) is 0 Å². The molecule has 2 saturated carbocycles. The third kappa shape index (κ3) is 3.77. The fourth-order valence-corrected chi connectivity index (χ4v) is 2.53. The van der Waals surface area contributed by atoms with E-state index in [9.17, 15) is 4.79 Å². The Kier molecular flexibility index (Phi) is 3.98. The fraction of sp³-hybridized carbons (Fsp3) is 0.600. The summed E-state index contributed by atoms with van der Waals surface area (Å²) in [5.41, 5.74) is 3.47. The van der Waals surface area contributed by atoms with Crippen LogP contribution in [0, 0.1) is 11.8 Å². The van der Waals surface area contributed by atoms with Crippen molar-refractivity contribution in [2.45, 2.75) is 32.2 Å². The summed E-state index contributed by atoms with van der Waals surface area (Å²) >= 11 is 0. The Bertz CT molecular complexity index is 469. The van der Waals surface area contributed by atoms with Gasteiger partial charge in [0.05, 0.1) is 5.69 Å². The first-order chi connectivity index (χ1) is 9.74. The molecule has 5 heteroatoms. The molecule has 2 aliphatic rings. The highest BCUT2D eigenvalue weighted by atomic mass is 16.2. The van der Waals surface area contributed by atoms with E-state index in [0.717, 1.165) is 24.1 Å². The van der Waals surface area contributed by atoms with Crippen LogP contribution in [0.2, 0.25) is 0 Å². The average molecular weight is 274 g/mol. The highest BCUT2D eigenvalue weighted by Crippen LogP contribution is 2.34. The number of nitrogen functional groups attached to an aromatic ring is 1. The second-order valence-corrected chi connectivity index (χ2v) is 6.07. The van der Waals surface area contributed by atoms with Crippen molar-refractivity contribution in [3.63, 3.8) is 0 Å². The summed E-state index contributed by atoms with van der Waals surface area (Å²) in [4.78, 5) is 18.4. The molecule has 2 aliphatic carbocycles. The molecule has 0 aromatic carbocycles. The van der Waals surface area contributed by atoms with Gasteiger partial charge in [-0.15, -0.1) is 0 Å². The predicted molar refractivity (Wildman–Crippen MR) is 76.6 cm³/mol. The van der Waals surface area contributed by atoms with Crippen LogP contribution in [0.5, 0.6) is 0 Å². The number of nitrogens with two attached hydrogens (primary N) is 1. The first-order valence-electron chi connectivity index (χ1n) is 7.44. The number of carbonyl (C=O) groups is 1. The summed E-state index contributed by atoms with van der Waals surface area (Å²) in [6, 6.07) is 5.55. The summed E-state index contributed by atoms with van der Waals surface area (Å²) in [6.07, 6.45) is 5.46. The van der Waals surface area contributed by atoms with Crippen LogP contribution < -0.4 is 11.3 Å². The molecule has 108 valence electrons. The first-order valence-corrected chi connectivity index (χ1v) is 7.44. The van der Waals surface area contributed by atoms with E-state index in [1.807, 2.05) is 12.1 Å². The number of aromatic nitrogens is 1. The van der Waals surface area contributed by atoms with Crippen molar-refractivity contribution < 1.29 is 4.79 Å². The third-order valence-electron chi connectivity index (χ3n) is 3.98. The van der Waals surface area contributed by atoms with Crippen molar-refractivity contribution in [1.29, 1.82) is 0 Å². The monoisotopic (exact) mass is 274 g/mol. The number of hydrogen-bond acceptors (Lipinski definition) is 4. The minimum Gasteiger partial charge on any atom is -0.297 e. The lowest BCUT2D eigenvalue weighted by molar-refractivity contribution is 0.0948. The lowest BCUT2D eigenvalue weighted by Gasteiger charge is -2.21. The zero-order chi connectivity index (χ0) is 13.9.